The Morgan fingerprint density at radius 1 is 1.35 bits per heavy atom. The van der Waals surface area contributed by atoms with Crippen molar-refractivity contribution in [2.45, 2.75) is 6.42 Å². The van der Waals surface area contributed by atoms with E-state index >= 15 is 0 Å². The summed E-state index contributed by atoms with van der Waals surface area (Å²) < 4.78 is 5.13. The zero-order chi connectivity index (χ0) is 12.1. The third-order valence-electron chi connectivity index (χ3n) is 2.30. The van der Waals surface area contributed by atoms with Crippen LogP contribution in [0.3, 0.4) is 0 Å². The predicted molar refractivity (Wildman–Crippen MR) is 61.8 cm³/mol. The van der Waals surface area contributed by atoms with Gasteiger partial charge in [0.1, 0.15) is 11.3 Å². The minimum absolute atomic E-state index is 0.118. The molecule has 0 spiro atoms. The molecule has 2 N–H and O–H groups in total. The van der Waals surface area contributed by atoms with Gasteiger partial charge in [0.2, 0.25) is 0 Å². The third-order valence-corrected chi connectivity index (χ3v) is 2.30. The molecule has 0 bridgehead atoms. The molecule has 0 fully saturated rings. The second-order valence-electron chi connectivity index (χ2n) is 3.50. The number of rotatable bonds is 4. The number of pyridine rings is 1. The summed E-state index contributed by atoms with van der Waals surface area (Å²) in [5.74, 6) is 0.422. The van der Waals surface area contributed by atoms with Crippen molar-refractivity contribution in [3.05, 3.63) is 58.4 Å². The van der Waals surface area contributed by atoms with Crippen LogP contribution in [-0.4, -0.2) is 17.4 Å². The molecule has 2 rings (SSSR count). The highest BCUT2D eigenvalue weighted by atomic mass is 16.3. The fraction of sp³-hybridized carbons (Fsp3) is 0.167. The van der Waals surface area contributed by atoms with Crippen molar-refractivity contribution in [3.8, 4) is 0 Å². The van der Waals surface area contributed by atoms with Crippen molar-refractivity contribution in [2.75, 3.05) is 6.54 Å². The Bertz CT molecular complexity index is 543. The van der Waals surface area contributed by atoms with E-state index in [0.29, 0.717) is 13.0 Å². The van der Waals surface area contributed by atoms with Gasteiger partial charge >= 0.3 is 0 Å². The van der Waals surface area contributed by atoms with E-state index in [0.717, 1.165) is 5.76 Å². The van der Waals surface area contributed by atoms with Crippen LogP contribution in [0.5, 0.6) is 0 Å². The number of hydrogen-bond acceptors (Lipinski definition) is 3. The molecule has 5 nitrogen and oxygen atoms in total. The second-order valence-corrected chi connectivity index (χ2v) is 3.50. The van der Waals surface area contributed by atoms with Gasteiger partial charge < -0.3 is 14.7 Å². The first kappa shape index (κ1) is 11.2. The number of hydrogen-bond donors (Lipinski definition) is 2. The molecular formula is C12H12N2O3. The van der Waals surface area contributed by atoms with Gasteiger partial charge in [-0.15, -0.1) is 0 Å². The summed E-state index contributed by atoms with van der Waals surface area (Å²) in [5.41, 5.74) is -0.269. The quantitative estimate of drug-likeness (QED) is 0.823. The monoisotopic (exact) mass is 232 g/mol. The number of aromatic nitrogens is 1. The van der Waals surface area contributed by atoms with Gasteiger partial charge in [-0.1, -0.05) is 0 Å². The third kappa shape index (κ3) is 2.84. The normalized spacial score (nSPS) is 10.1. The van der Waals surface area contributed by atoms with E-state index in [9.17, 15) is 9.59 Å². The maximum Gasteiger partial charge on any atom is 0.260 e. The number of amides is 1. The highest BCUT2D eigenvalue weighted by Gasteiger charge is 2.08. The molecule has 0 saturated heterocycles. The molecule has 0 aromatic carbocycles. The van der Waals surface area contributed by atoms with Crippen LogP contribution in [-0.2, 0) is 6.42 Å². The number of H-pyrrole nitrogens is 1. The largest absolute Gasteiger partial charge is 0.469 e. The van der Waals surface area contributed by atoms with Gasteiger partial charge in [-0.2, -0.15) is 0 Å². The summed E-state index contributed by atoms with van der Waals surface area (Å²) >= 11 is 0. The maximum absolute atomic E-state index is 11.6. The van der Waals surface area contributed by atoms with Crippen LogP contribution in [0.25, 0.3) is 0 Å². The SMILES string of the molecule is O=C(NCCc1ccco1)c1ccc[nH]c1=O. The fourth-order valence-electron chi connectivity index (χ4n) is 1.45. The molecule has 2 heterocycles. The summed E-state index contributed by atoms with van der Waals surface area (Å²) in [4.78, 5) is 25.4. The number of aromatic amines is 1. The van der Waals surface area contributed by atoms with E-state index in [1.54, 1.807) is 18.4 Å². The average Bonchev–Trinajstić information content (AvgIpc) is 2.82. The van der Waals surface area contributed by atoms with Gasteiger partial charge in [-0.05, 0) is 24.3 Å². The van der Waals surface area contributed by atoms with Crippen LogP contribution in [0, 0.1) is 0 Å². The minimum atomic E-state index is -0.386. The molecule has 88 valence electrons. The van der Waals surface area contributed by atoms with Gasteiger partial charge in [-0.3, -0.25) is 9.59 Å². The number of carbonyl (C=O) groups excluding carboxylic acids is 1. The lowest BCUT2D eigenvalue weighted by Gasteiger charge is -2.02. The number of nitrogens with one attached hydrogen (secondary N) is 2. The molecule has 17 heavy (non-hydrogen) atoms. The number of furan rings is 1. The average molecular weight is 232 g/mol. The van der Waals surface area contributed by atoms with Crippen LogP contribution in [0.2, 0.25) is 0 Å². The van der Waals surface area contributed by atoms with E-state index < -0.39 is 0 Å². The zero-order valence-electron chi connectivity index (χ0n) is 9.10. The van der Waals surface area contributed by atoms with Crippen LogP contribution in [0.1, 0.15) is 16.1 Å². The highest BCUT2D eigenvalue weighted by Crippen LogP contribution is 1.99. The van der Waals surface area contributed by atoms with E-state index in [2.05, 4.69) is 10.3 Å². The second kappa shape index (κ2) is 5.16. The molecule has 0 atom stereocenters. The standard InChI is InChI=1S/C12H12N2O3/c15-11-10(4-1-6-13-11)12(16)14-7-5-9-3-2-8-17-9/h1-4,6,8H,5,7H2,(H,13,15)(H,14,16). The number of carbonyl (C=O) groups is 1. The summed E-state index contributed by atoms with van der Waals surface area (Å²) in [5, 5.41) is 2.66. The Kier molecular flexibility index (Phi) is 3.40. The Labute approximate surface area is 97.5 Å². The predicted octanol–water partition coefficient (Wildman–Crippen LogP) is 0.940. The van der Waals surface area contributed by atoms with E-state index in [1.165, 1.54) is 12.3 Å². The Hall–Kier alpha value is -2.30. The van der Waals surface area contributed by atoms with E-state index in [1.807, 2.05) is 6.07 Å². The minimum Gasteiger partial charge on any atom is -0.469 e. The molecule has 2 aromatic heterocycles. The maximum atomic E-state index is 11.6. The Morgan fingerprint density at radius 3 is 2.94 bits per heavy atom. The van der Waals surface area contributed by atoms with Crippen molar-refractivity contribution >= 4 is 5.91 Å². The smallest absolute Gasteiger partial charge is 0.260 e. The molecule has 0 aliphatic carbocycles. The molecule has 0 aliphatic rings. The lowest BCUT2D eigenvalue weighted by Crippen LogP contribution is -2.30. The van der Waals surface area contributed by atoms with Gasteiger partial charge in [0.25, 0.3) is 11.5 Å². The summed E-state index contributed by atoms with van der Waals surface area (Å²) in [6.45, 7) is 0.431. The van der Waals surface area contributed by atoms with Crippen molar-refractivity contribution in [1.29, 1.82) is 0 Å². The molecule has 5 heteroatoms. The van der Waals surface area contributed by atoms with Gasteiger partial charge in [-0.25, -0.2) is 0 Å². The lowest BCUT2D eigenvalue weighted by atomic mass is 10.2. The van der Waals surface area contributed by atoms with Crippen LogP contribution in [0.4, 0.5) is 0 Å². The van der Waals surface area contributed by atoms with Crippen LogP contribution in [0.15, 0.2) is 45.9 Å². The first-order chi connectivity index (χ1) is 8.27. The first-order valence-corrected chi connectivity index (χ1v) is 5.25. The Balaban J connectivity index is 1.90. The fourth-order valence-corrected chi connectivity index (χ4v) is 1.45. The van der Waals surface area contributed by atoms with Crippen molar-refractivity contribution in [3.63, 3.8) is 0 Å². The van der Waals surface area contributed by atoms with Gasteiger partial charge in [0.05, 0.1) is 6.26 Å². The topological polar surface area (TPSA) is 75.1 Å². The van der Waals surface area contributed by atoms with E-state index in [4.69, 9.17) is 4.42 Å². The summed E-state index contributed by atoms with van der Waals surface area (Å²) in [6, 6.07) is 6.73. The molecule has 0 aliphatic heterocycles. The van der Waals surface area contributed by atoms with Crippen LogP contribution >= 0.6 is 0 Å². The molecular weight excluding hydrogens is 220 g/mol. The Morgan fingerprint density at radius 2 is 2.24 bits per heavy atom. The van der Waals surface area contributed by atoms with Crippen molar-refractivity contribution in [1.82, 2.24) is 10.3 Å². The van der Waals surface area contributed by atoms with E-state index in [-0.39, 0.29) is 17.0 Å². The first-order valence-electron chi connectivity index (χ1n) is 5.25. The van der Waals surface area contributed by atoms with Gasteiger partial charge in [0, 0.05) is 19.2 Å². The molecule has 0 saturated carbocycles. The van der Waals surface area contributed by atoms with Crippen LogP contribution < -0.4 is 10.9 Å². The molecule has 1 amide bonds. The molecule has 0 unspecified atom stereocenters. The van der Waals surface area contributed by atoms with Crippen molar-refractivity contribution in [2.24, 2.45) is 0 Å². The lowest BCUT2D eigenvalue weighted by molar-refractivity contribution is 0.0952. The summed E-state index contributed by atoms with van der Waals surface area (Å²) in [6.07, 6.45) is 3.67. The van der Waals surface area contributed by atoms with Gasteiger partial charge in [0.15, 0.2) is 0 Å². The van der Waals surface area contributed by atoms with Crippen molar-refractivity contribution < 1.29 is 9.21 Å². The zero-order valence-corrected chi connectivity index (χ0v) is 9.10. The highest BCUT2D eigenvalue weighted by molar-refractivity contribution is 5.93. The molecule has 2 aromatic rings. The molecule has 0 radical (unpaired) electrons. The summed E-state index contributed by atoms with van der Waals surface area (Å²) in [7, 11) is 0.